The highest BCUT2D eigenvalue weighted by molar-refractivity contribution is 7.99. The normalized spacial score (nSPS) is 15.5. The molecule has 6 nitrogen and oxygen atoms in total. The summed E-state index contributed by atoms with van der Waals surface area (Å²) in [6.45, 7) is 0. The molecule has 1 heterocycles. The molecule has 3 rings (SSSR count). The summed E-state index contributed by atoms with van der Waals surface area (Å²) in [5.41, 5.74) is 6.07. The SMILES string of the molecule is N=C(N)c1ccc(Sc2nnnn2C2CCCC2)c(Cl)c1. The van der Waals surface area contributed by atoms with Crippen LogP contribution in [0.4, 0.5) is 0 Å². The summed E-state index contributed by atoms with van der Waals surface area (Å²) in [5.74, 6) is 0.00393. The summed E-state index contributed by atoms with van der Waals surface area (Å²) in [5, 5.41) is 20.7. The lowest BCUT2D eigenvalue weighted by Gasteiger charge is -2.11. The molecule has 0 unspecified atom stereocenters. The van der Waals surface area contributed by atoms with E-state index in [0.717, 1.165) is 22.9 Å². The van der Waals surface area contributed by atoms with Crippen molar-refractivity contribution in [3.05, 3.63) is 28.8 Å². The second kappa shape index (κ2) is 6.03. The molecule has 1 aliphatic rings. The van der Waals surface area contributed by atoms with E-state index in [1.54, 1.807) is 12.1 Å². The lowest BCUT2D eigenvalue weighted by atomic mass is 10.2. The van der Waals surface area contributed by atoms with Crippen LogP contribution in [0.1, 0.15) is 37.3 Å². The largest absolute Gasteiger partial charge is 0.384 e. The summed E-state index contributed by atoms with van der Waals surface area (Å²) in [6, 6.07) is 5.70. The van der Waals surface area contributed by atoms with Crippen LogP contribution in [0.3, 0.4) is 0 Å². The maximum atomic E-state index is 7.42. The van der Waals surface area contributed by atoms with Gasteiger partial charge >= 0.3 is 0 Å². The maximum absolute atomic E-state index is 7.42. The minimum absolute atomic E-state index is 0.00393. The van der Waals surface area contributed by atoms with Gasteiger partial charge < -0.3 is 5.73 Å². The zero-order chi connectivity index (χ0) is 14.8. The number of nitrogens with one attached hydrogen (secondary N) is 1. The molecule has 110 valence electrons. The maximum Gasteiger partial charge on any atom is 0.214 e. The zero-order valence-electron chi connectivity index (χ0n) is 11.3. The monoisotopic (exact) mass is 322 g/mol. The van der Waals surface area contributed by atoms with Crippen LogP contribution in [0.25, 0.3) is 0 Å². The summed E-state index contributed by atoms with van der Waals surface area (Å²) in [7, 11) is 0. The van der Waals surface area contributed by atoms with Crippen molar-refractivity contribution < 1.29 is 0 Å². The Bertz CT molecular complexity index is 664. The van der Waals surface area contributed by atoms with Crippen molar-refractivity contribution in [1.29, 1.82) is 5.41 Å². The molecule has 1 aromatic heterocycles. The molecule has 0 amide bonds. The number of hydrogen-bond acceptors (Lipinski definition) is 5. The molecular weight excluding hydrogens is 308 g/mol. The average Bonchev–Trinajstić information content (AvgIpc) is 3.11. The Balaban J connectivity index is 1.84. The third kappa shape index (κ3) is 3.03. The molecule has 1 saturated carbocycles. The first-order chi connectivity index (χ1) is 10.1. The number of benzene rings is 1. The van der Waals surface area contributed by atoms with Crippen molar-refractivity contribution in [1.82, 2.24) is 20.2 Å². The number of amidine groups is 1. The lowest BCUT2D eigenvalue weighted by Crippen LogP contribution is -2.10. The molecule has 2 aromatic rings. The van der Waals surface area contributed by atoms with E-state index in [1.807, 2.05) is 10.7 Å². The standard InChI is InChI=1S/C13H15ClN6S/c14-10-7-8(12(15)16)5-6-11(10)21-13-17-18-19-20(13)9-3-1-2-4-9/h5-7,9H,1-4H2,(H3,15,16). The highest BCUT2D eigenvalue weighted by Gasteiger charge is 2.22. The van der Waals surface area contributed by atoms with Crippen LogP contribution in [0.5, 0.6) is 0 Å². The fourth-order valence-electron chi connectivity index (χ4n) is 2.48. The highest BCUT2D eigenvalue weighted by Crippen LogP contribution is 2.36. The van der Waals surface area contributed by atoms with Crippen molar-refractivity contribution in [2.75, 3.05) is 0 Å². The van der Waals surface area contributed by atoms with E-state index in [9.17, 15) is 0 Å². The molecule has 8 heteroatoms. The van der Waals surface area contributed by atoms with Gasteiger partial charge in [-0.3, -0.25) is 5.41 Å². The zero-order valence-corrected chi connectivity index (χ0v) is 12.9. The number of nitrogens with two attached hydrogens (primary N) is 1. The molecule has 3 N–H and O–H groups in total. The van der Waals surface area contributed by atoms with Gasteiger partial charge in [-0.05, 0) is 47.2 Å². The fraction of sp³-hybridized carbons (Fsp3) is 0.385. The van der Waals surface area contributed by atoms with Crippen molar-refractivity contribution >= 4 is 29.2 Å². The smallest absolute Gasteiger partial charge is 0.214 e. The lowest BCUT2D eigenvalue weighted by molar-refractivity contribution is 0.423. The minimum Gasteiger partial charge on any atom is -0.384 e. The van der Waals surface area contributed by atoms with Crippen LogP contribution in [-0.2, 0) is 0 Å². The van der Waals surface area contributed by atoms with Crippen molar-refractivity contribution in [2.24, 2.45) is 5.73 Å². The van der Waals surface area contributed by atoms with Crippen molar-refractivity contribution in [2.45, 2.75) is 41.8 Å². The number of hydrogen-bond donors (Lipinski definition) is 2. The molecule has 21 heavy (non-hydrogen) atoms. The van der Waals surface area contributed by atoms with E-state index >= 15 is 0 Å². The van der Waals surface area contributed by atoms with Gasteiger partial charge in [-0.25, -0.2) is 4.68 Å². The average molecular weight is 323 g/mol. The quantitative estimate of drug-likeness (QED) is 0.667. The molecule has 0 saturated heterocycles. The van der Waals surface area contributed by atoms with Crippen molar-refractivity contribution in [3.8, 4) is 0 Å². The molecule has 0 spiro atoms. The van der Waals surface area contributed by atoms with Gasteiger partial charge in [-0.2, -0.15) is 0 Å². The van der Waals surface area contributed by atoms with Crippen LogP contribution < -0.4 is 5.73 Å². The highest BCUT2D eigenvalue weighted by atomic mass is 35.5. The van der Waals surface area contributed by atoms with E-state index in [2.05, 4.69) is 15.5 Å². The first-order valence-electron chi connectivity index (χ1n) is 6.75. The van der Waals surface area contributed by atoms with Crippen LogP contribution in [0, 0.1) is 5.41 Å². The third-order valence-corrected chi connectivity index (χ3v) is 5.03. The van der Waals surface area contributed by atoms with Gasteiger partial charge in [-0.15, -0.1) is 5.10 Å². The Kier molecular flexibility index (Phi) is 4.12. The molecule has 1 aliphatic carbocycles. The van der Waals surface area contributed by atoms with E-state index < -0.39 is 0 Å². The molecule has 1 aromatic carbocycles. The molecule has 0 aliphatic heterocycles. The number of tetrazole rings is 1. The molecular formula is C13H15ClN6S. The summed E-state index contributed by atoms with van der Waals surface area (Å²) < 4.78 is 1.90. The van der Waals surface area contributed by atoms with Crippen molar-refractivity contribution in [3.63, 3.8) is 0 Å². The van der Waals surface area contributed by atoms with Gasteiger partial charge in [0.2, 0.25) is 5.16 Å². The fourth-order valence-corrected chi connectivity index (χ4v) is 3.62. The Morgan fingerprint density at radius 2 is 2.14 bits per heavy atom. The third-order valence-electron chi connectivity index (χ3n) is 3.58. The predicted molar refractivity (Wildman–Crippen MR) is 81.9 cm³/mol. The van der Waals surface area contributed by atoms with Gasteiger partial charge in [0.05, 0.1) is 11.1 Å². The molecule has 1 fully saturated rings. The summed E-state index contributed by atoms with van der Waals surface area (Å²) >= 11 is 7.69. The van der Waals surface area contributed by atoms with E-state index in [4.69, 9.17) is 22.7 Å². The van der Waals surface area contributed by atoms with E-state index in [0.29, 0.717) is 16.6 Å². The molecule has 0 atom stereocenters. The van der Waals surface area contributed by atoms with Crippen LogP contribution in [0.2, 0.25) is 5.02 Å². The van der Waals surface area contributed by atoms with Gasteiger partial charge in [0.15, 0.2) is 0 Å². The summed E-state index contributed by atoms with van der Waals surface area (Å²) in [4.78, 5) is 0.857. The first kappa shape index (κ1) is 14.3. The number of rotatable bonds is 4. The Morgan fingerprint density at radius 3 is 2.81 bits per heavy atom. The summed E-state index contributed by atoms with van der Waals surface area (Å²) in [6.07, 6.45) is 4.69. The second-order valence-electron chi connectivity index (χ2n) is 5.01. The Morgan fingerprint density at radius 1 is 1.38 bits per heavy atom. The second-order valence-corrected chi connectivity index (χ2v) is 6.42. The van der Waals surface area contributed by atoms with Crippen LogP contribution >= 0.6 is 23.4 Å². The van der Waals surface area contributed by atoms with Crippen LogP contribution in [0.15, 0.2) is 28.3 Å². The van der Waals surface area contributed by atoms with Gasteiger partial charge in [0, 0.05) is 10.5 Å². The van der Waals surface area contributed by atoms with E-state index in [-0.39, 0.29) is 5.84 Å². The Labute approximate surface area is 131 Å². The number of aromatic nitrogens is 4. The van der Waals surface area contributed by atoms with Gasteiger partial charge in [0.25, 0.3) is 0 Å². The van der Waals surface area contributed by atoms with Gasteiger partial charge in [0.1, 0.15) is 5.84 Å². The molecule has 0 bridgehead atoms. The topological polar surface area (TPSA) is 93.5 Å². The number of nitrogen functional groups attached to an aromatic ring is 1. The first-order valence-corrected chi connectivity index (χ1v) is 7.94. The Hall–Kier alpha value is -1.60. The number of nitrogens with zero attached hydrogens (tertiary/aromatic N) is 4. The van der Waals surface area contributed by atoms with Gasteiger partial charge in [-0.1, -0.05) is 30.5 Å². The van der Waals surface area contributed by atoms with Crippen LogP contribution in [-0.4, -0.2) is 26.0 Å². The molecule has 0 radical (unpaired) electrons. The van der Waals surface area contributed by atoms with E-state index in [1.165, 1.54) is 24.6 Å². The minimum atomic E-state index is 0.00393. The predicted octanol–water partition coefficient (Wildman–Crippen LogP) is 2.88. The number of halogens is 1.